The van der Waals surface area contributed by atoms with Crippen LogP contribution >= 0.6 is 0 Å². The molecule has 156 valence electrons. The van der Waals surface area contributed by atoms with Crippen LogP contribution in [0, 0.1) is 0 Å². The number of aromatic nitrogens is 1. The molecule has 6 nitrogen and oxygen atoms in total. The van der Waals surface area contributed by atoms with Gasteiger partial charge < -0.3 is 14.7 Å². The molecule has 1 N–H and O–H groups in total. The SMILES string of the molecule is CN(Cc1cccc(CN2CCOCC2)c1)C[C@]1(O)CCN(c2ccccn2)C1. The van der Waals surface area contributed by atoms with E-state index in [2.05, 4.69) is 51.0 Å². The van der Waals surface area contributed by atoms with Gasteiger partial charge in [-0.15, -0.1) is 0 Å². The topological polar surface area (TPSA) is 52.1 Å². The first kappa shape index (κ1) is 20.3. The van der Waals surface area contributed by atoms with Gasteiger partial charge in [0.15, 0.2) is 0 Å². The van der Waals surface area contributed by atoms with Gasteiger partial charge in [-0.25, -0.2) is 4.98 Å². The second kappa shape index (κ2) is 9.22. The van der Waals surface area contributed by atoms with E-state index in [1.54, 1.807) is 0 Å². The van der Waals surface area contributed by atoms with Gasteiger partial charge in [-0.05, 0) is 36.7 Å². The first-order chi connectivity index (χ1) is 14.1. The summed E-state index contributed by atoms with van der Waals surface area (Å²) in [6, 6.07) is 14.8. The molecule has 2 fully saturated rings. The predicted octanol–water partition coefficient (Wildman–Crippen LogP) is 1.99. The third kappa shape index (κ3) is 5.54. The molecule has 29 heavy (non-hydrogen) atoms. The lowest BCUT2D eigenvalue weighted by atomic mass is 10.0. The maximum Gasteiger partial charge on any atom is 0.128 e. The molecule has 6 heteroatoms. The molecule has 0 radical (unpaired) electrons. The minimum absolute atomic E-state index is 0.630. The van der Waals surface area contributed by atoms with Crippen molar-refractivity contribution in [2.24, 2.45) is 0 Å². The van der Waals surface area contributed by atoms with Gasteiger partial charge in [-0.3, -0.25) is 9.80 Å². The van der Waals surface area contributed by atoms with Gasteiger partial charge in [0.05, 0.1) is 18.8 Å². The third-order valence-corrected chi connectivity index (χ3v) is 5.82. The molecule has 0 saturated carbocycles. The van der Waals surface area contributed by atoms with Gasteiger partial charge in [0.2, 0.25) is 0 Å². The maximum atomic E-state index is 11.1. The number of aliphatic hydroxyl groups is 1. The average molecular weight is 397 g/mol. The Bertz CT molecular complexity index is 781. The molecule has 2 aliphatic rings. The van der Waals surface area contributed by atoms with Gasteiger partial charge in [0, 0.05) is 52.0 Å². The molecule has 0 unspecified atom stereocenters. The summed E-state index contributed by atoms with van der Waals surface area (Å²) in [4.78, 5) is 11.3. The van der Waals surface area contributed by atoms with Crippen LogP contribution in [0.2, 0.25) is 0 Å². The Hall–Kier alpha value is -1.99. The quantitative estimate of drug-likeness (QED) is 0.773. The second-order valence-corrected chi connectivity index (χ2v) is 8.46. The third-order valence-electron chi connectivity index (χ3n) is 5.82. The normalized spacial score (nSPS) is 23.1. The fourth-order valence-corrected chi connectivity index (χ4v) is 4.44. The molecule has 0 bridgehead atoms. The van der Waals surface area contributed by atoms with E-state index in [4.69, 9.17) is 4.74 Å². The Balaban J connectivity index is 1.31. The molecule has 1 aromatic carbocycles. The van der Waals surface area contributed by atoms with Crippen molar-refractivity contribution < 1.29 is 9.84 Å². The molecule has 2 aliphatic heterocycles. The fourth-order valence-electron chi connectivity index (χ4n) is 4.44. The molecule has 0 aliphatic carbocycles. The highest BCUT2D eigenvalue weighted by Crippen LogP contribution is 2.26. The lowest BCUT2D eigenvalue weighted by molar-refractivity contribution is 0.0279. The van der Waals surface area contributed by atoms with Crippen LogP contribution in [-0.2, 0) is 17.8 Å². The van der Waals surface area contributed by atoms with Crippen LogP contribution in [-0.4, -0.2) is 78.5 Å². The van der Waals surface area contributed by atoms with E-state index in [0.717, 1.165) is 58.2 Å². The summed E-state index contributed by atoms with van der Waals surface area (Å²) in [5.41, 5.74) is 1.94. The number of β-amino-alcohol motifs (C(OH)–C–C–N with tert-alkyl or cyclic N) is 1. The minimum atomic E-state index is -0.697. The van der Waals surface area contributed by atoms with Crippen LogP contribution in [0.4, 0.5) is 5.82 Å². The number of nitrogens with zero attached hydrogens (tertiary/aromatic N) is 4. The molecular weight excluding hydrogens is 364 g/mol. The van der Waals surface area contributed by atoms with Crippen molar-refractivity contribution in [3.63, 3.8) is 0 Å². The first-order valence-electron chi connectivity index (χ1n) is 10.5. The maximum absolute atomic E-state index is 11.1. The largest absolute Gasteiger partial charge is 0.387 e. The highest BCUT2D eigenvalue weighted by molar-refractivity contribution is 5.40. The smallest absolute Gasteiger partial charge is 0.128 e. The molecule has 1 atom stereocenters. The molecule has 0 amide bonds. The van der Waals surface area contributed by atoms with Gasteiger partial charge in [-0.2, -0.15) is 0 Å². The average Bonchev–Trinajstić information content (AvgIpc) is 3.11. The number of benzene rings is 1. The molecule has 4 rings (SSSR count). The zero-order valence-electron chi connectivity index (χ0n) is 17.3. The van der Waals surface area contributed by atoms with E-state index >= 15 is 0 Å². The van der Waals surface area contributed by atoms with Crippen LogP contribution in [0.15, 0.2) is 48.7 Å². The van der Waals surface area contributed by atoms with Crippen LogP contribution in [0.5, 0.6) is 0 Å². The molecule has 0 spiro atoms. The van der Waals surface area contributed by atoms with E-state index in [0.29, 0.717) is 13.1 Å². The number of hydrogen-bond acceptors (Lipinski definition) is 6. The van der Waals surface area contributed by atoms with Crippen molar-refractivity contribution in [2.75, 3.05) is 57.9 Å². The summed E-state index contributed by atoms with van der Waals surface area (Å²) >= 11 is 0. The number of rotatable bonds is 7. The van der Waals surface area contributed by atoms with E-state index in [-0.39, 0.29) is 0 Å². The first-order valence-corrected chi connectivity index (χ1v) is 10.5. The lowest BCUT2D eigenvalue weighted by Gasteiger charge is -2.29. The molecule has 2 saturated heterocycles. The summed E-state index contributed by atoms with van der Waals surface area (Å²) < 4.78 is 5.44. The van der Waals surface area contributed by atoms with Crippen molar-refractivity contribution in [1.29, 1.82) is 0 Å². The van der Waals surface area contributed by atoms with Gasteiger partial charge in [0.25, 0.3) is 0 Å². The summed E-state index contributed by atoms with van der Waals surface area (Å²) in [7, 11) is 2.09. The monoisotopic (exact) mass is 396 g/mol. The Labute approximate surface area is 173 Å². The molecule has 3 heterocycles. The van der Waals surface area contributed by atoms with Gasteiger partial charge in [0.1, 0.15) is 5.82 Å². The summed E-state index contributed by atoms with van der Waals surface area (Å²) in [6.45, 7) is 7.61. The summed E-state index contributed by atoms with van der Waals surface area (Å²) in [6.07, 6.45) is 2.58. The fraction of sp³-hybridized carbons (Fsp3) is 0.522. The van der Waals surface area contributed by atoms with Crippen LogP contribution in [0.3, 0.4) is 0 Å². The minimum Gasteiger partial charge on any atom is -0.387 e. The standard InChI is InChI=1S/C23H32N4O2/c1-25(18-23(28)8-10-27(19-23)22-7-2-3-9-24-22)16-20-5-4-6-21(15-20)17-26-11-13-29-14-12-26/h2-7,9,15,28H,8,10-14,16-19H2,1H3/t23-/m1/s1. The van der Waals surface area contributed by atoms with E-state index in [1.165, 1.54) is 11.1 Å². The van der Waals surface area contributed by atoms with Crippen LogP contribution in [0.25, 0.3) is 0 Å². The summed E-state index contributed by atoms with van der Waals surface area (Å²) in [5.74, 6) is 0.946. The second-order valence-electron chi connectivity index (χ2n) is 8.46. The Kier molecular flexibility index (Phi) is 6.45. The number of anilines is 1. The molecule has 1 aromatic heterocycles. The molecular formula is C23H32N4O2. The van der Waals surface area contributed by atoms with Crippen molar-refractivity contribution in [2.45, 2.75) is 25.1 Å². The van der Waals surface area contributed by atoms with Crippen molar-refractivity contribution in [3.05, 3.63) is 59.8 Å². The Morgan fingerprint density at radius 1 is 1.10 bits per heavy atom. The van der Waals surface area contributed by atoms with Crippen molar-refractivity contribution >= 4 is 5.82 Å². The Morgan fingerprint density at radius 2 is 1.93 bits per heavy atom. The van der Waals surface area contributed by atoms with E-state index in [9.17, 15) is 5.11 Å². The van der Waals surface area contributed by atoms with Crippen molar-refractivity contribution in [1.82, 2.24) is 14.8 Å². The number of ether oxygens (including phenoxy) is 1. The van der Waals surface area contributed by atoms with Gasteiger partial charge in [-0.1, -0.05) is 30.3 Å². The van der Waals surface area contributed by atoms with Crippen LogP contribution < -0.4 is 4.90 Å². The lowest BCUT2D eigenvalue weighted by Crippen LogP contribution is -2.43. The van der Waals surface area contributed by atoms with Crippen LogP contribution in [0.1, 0.15) is 17.5 Å². The van der Waals surface area contributed by atoms with E-state index in [1.807, 2.05) is 24.4 Å². The highest BCUT2D eigenvalue weighted by atomic mass is 16.5. The summed E-state index contributed by atoms with van der Waals surface area (Å²) in [5, 5.41) is 11.1. The highest BCUT2D eigenvalue weighted by Gasteiger charge is 2.37. The predicted molar refractivity (Wildman–Crippen MR) is 115 cm³/mol. The van der Waals surface area contributed by atoms with Gasteiger partial charge >= 0.3 is 0 Å². The number of pyridine rings is 1. The number of hydrogen-bond donors (Lipinski definition) is 1. The van der Waals surface area contributed by atoms with Crippen molar-refractivity contribution in [3.8, 4) is 0 Å². The Morgan fingerprint density at radius 3 is 2.72 bits per heavy atom. The zero-order valence-corrected chi connectivity index (χ0v) is 17.3. The number of morpholine rings is 1. The zero-order chi connectivity index (χ0) is 20.1. The molecule has 2 aromatic rings. The van der Waals surface area contributed by atoms with E-state index < -0.39 is 5.60 Å². The number of likely N-dealkylation sites (N-methyl/N-ethyl adjacent to an activating group) is 1.